The van der Waals surface area contributed by atoms with Gasteiger partial charge in [0.15, 0.2) is 0 Å². The van der Waals surface area contributed by atoms with Crippen LogP contribution in [0.2, 0.25) is 0 Å². The van der Waals surface area contributed by atoms with Crippen LogP contribution in [0.5, 0.6) is 0 Å². The highest BCUT2D eigenvalue weighted by molar-refractivity contribution is 6.17. The summed E-state index contributed by atoms with van der Waals surface area (Å²) in [5, 5.41) is 8.34. The fraction of sp³-hybridized carbons (Fsp3) is 0.286. The fourth-order valence-electron chi connectivity index (χ4n) is 0.913. The van der Waals surface area contributed by atoms with Crippen LogP contribution in [-0.2, 0) is 14.4 Å². The Morgan fingerprint density at radius 1 is 1.58 bits per heavy atom. The molecule has 1 aliphatic heterocycles. The maximum Gasteiger partial charge on any atom is 0.308 e. The molecule has 0 aromatic carbocycles. The number of amides is 2. The average Bonchev–Trinajstić information content (AvgIpc) is 2.17. The first-order valence-electron chi connectivity index (χ1n) is 3.26. The fourth-order valence-corrected chi connectivity index (χ4v) is 0.913. The smallest absolute Gasteiger partial charge is 0.308 e. The number of rotatable bonds is 2. The van der Waals surface area contributed by atoms with Gasteiger partial charge in [-0.3, -0.25) is 19.3 Å². The molecule has 0 aliphatic carbocycles. The summed E-state index contributed by atoms with van der Waals surface area (Å²) >= 11 is 0. The third kappa shape index (κ3) is 1.34. The van der Waals surface area contributed by atoms with E-state index in [1.165, 1.54) is 7.05 Å². The van der Waals surface area contributed by atoms with E-state index in [9.17, 15) is 14.4 Å². The van der Waals surface area contributed by atoms with Crippen molar-refractivity contribution in [3.8, 4) is 0 Å². The van der Waals surface area contributed by atoms with E-state index >= 15 is 0 Å². The Labute approximate surface area is 68.3 Å². The van der Waals surface area contributed by atoms with E-state index in [4.69, 9.17) is 5.11 Å². The first kappa shape index (κ1) is 8.45. The molecule has 2 amide bonds. The van der Waals surface area contributed by atoms with Gasteiger partial charge in [-0.25, -0.2) is 0 Å². The maximum absolute atomic E-state index is 11.0. The molecule has 0 saturated heterocycles. The zero-order valence-corrected chi connectivity index (χ0v) is 6.40. The molecule has 0 atom stereocenters. The second-order valence-electron chi connectivity index (χ2n) is 2.44. The summed E-state index contributed by atoms with van der Waals surface area (Å²) in [5.74, 6) is -2.10. The van der Waals surface area contributed by atoms with E-state index in [0.29, 0.717) is 0 Å². The Morgan fingerprint density at radius 2 is 2.17 bits per heavy atom. The summed E-state index contributed by atoms with van der Waals surface area (Å²) in [5.41, 5.74) is 0.0370. The predicted molar refractivity (Wildman–Crippen MR) is 38.1 cm³/mol. The Bertz CT molecular complexity index is 292. The Hall–Kier alpha value is -1.65. The van der Waals surface area contributed by atoms with Crippen LogP contribution in [0.25, 0.3) is 0 Å². The van der Waals surface area contributed by atoms with Gasteiger partial charge in [-0.15, -0.1) is 0 Å². The van der Waals surface area contributed by atoms with Crippen molar-refractivity contribution in [1.29, 1.82) is 0 Å². The topological polar surface area (TPSA) is 74.7 Å². The van der Waals surface area contributed by atoms with Crippen molar-refractivity contribution in [3.05, 3.63) is 11.6 Å². The van der Waals surface area contributed by atoms with Gasteiger partial charge in [-0.2, -0.15) is 0 Å². The van der Waals surface area contributed by atoms with E-state index in [1.807, 2.05) is 0 Å². The third-order valence-corrected chi connectivity index (χ3v) is 1.55. The minimum atomic E-state index is -1.11. The molecule has 12 heavy (non-hydrogen) atoms. The molecule has 0 aromatic heterocycles. The van der Waals surface area contributed by atoms with Crippen LogP contribution in [0.3, 0.4) is 0 Å². The van der Waals surface area contributed by atoms with Gasteiger partial charge < -0.3 is 5.11 Å². The molecular weight excluding hydrogens is 162 g/mol. The molecule has 0 radical (unpaired) electrons. The number of hydrogen-bond donors (Lipinski definition) is 1. The van der Waals surface area contributed by atoms with Gasteiger partial charge in [0.1, 0.15) is 0 Å². The lowest BCUT2D eigenvalue weighted by atomic mass is 10.2. The molecule has 0 spiro atoms. The highest BCUT2D eigenvalue weighted by Gasteiger charge is 2.28. The first-order chi connectivity index (χ1) is 5.52. The molecule has 0 bridgehead atoms. The molecule has 0 saturated carbocycles. The molecule has 1 heterocycles. The number of imide groups is 1. The van der Waals surface area contributed by atoms with Crippen molar-refractivity contribution in [2.24, 2.45) is 0 Å². The quantitative estimate of drug-likeness (QED) is 0.559. The molecular formula is C7H7NO4. The van der Waals surface area contributed by atoms with Gasteiger partial charge in [0.25, 0.3) is 11.8 Å². The number of likely N-dealkylation sites (N-methyl/N-ethyl adjacent to an activating group) is 1. The zero-order valence-electron chi connectivity index (χ0n) is 6.40. The van der Waals surface area contributed by atoms with Gasteiger partial charge in [0.05, 0.1) is 6.42 Å². The monoisotopic (exact) mass is 169 g/mol. The summed E-state index contributed by atoms with van der Waals surface area (Å²) in [7, 11) is 1.32. The lowest BCUT2D eigenvalue weighted by Crippen LogP contribution is -2.26. The normalized spacial score (nSPS) is 16.8. The van der Waals surface area contributed by atoms with Crippen LogP contribution in [0.15, 0.2) is 11.6 Å². The van der Waals surface area contributed by atoms with Crippen LogP contribution in [0.4, 0.5) is 0 Å². The van der Waals surface area contributed by atoms with Crippen molar-refractivity contribution in [1.82, 2.24) is 4.90 Å². The Balaban J connectivity index is 2.80. The number of carbonyl (C=O) groups excluding carboxylic acids is 2. The standard InChI is InChI=1S/C7H7NO4/c1-8-5(9)2-4(7(8)12)3-6(10)11/h2H,3H2,1H3,(H,10,11). The van der Waals surface area contributed by atoms with E-state index < -0.39 is 24.2 Å². The molecule has 5 nitrogen and oxygen atoms in total. The largest absolute Gasteiger partial charge is 0.481 e. The lowest BCUT2D eigenvalue weighted by Gasteiger charge is -2.04. The van der Waals surface area contributed by atoms with E-state index in [0.717, 1.165) is 11.0 Å². The minimum absolute atomic E-state index is 0.0370. The third-order valence-electron chi connectivity index (χ3n) is 1.55. The molecule has 1 aliphatic rings. The zero-order chi connectivity index (χ0) is 9.30. The number of carboxylic acids is 1. The van der Waals surface area contributed by atoms with Crippen LogP contribution in [0.1, 0.15) is 6.42 Å². The minimum Gasteiger partial charge on any atom is -0.481 e. The van der Waals surface area contributed by atoms with Crippen molar-refractivity contribution < 1.29 is 19.5 Å². The SMILES string of the molecule is CN1C(=O)C=C(CC(=O)O)C1=O. The van der Waals surface area contributed by atoms with E-state index in [2.05, 4.69) is 0 Å². The first-order valence-corrected chi connectivity index (χ1v) is 3.26. The van der Waals surface area contributed by atoms with Gasteiger partial charge in [0.2, 0.25) is 0 Å². The summed E-state index contributed by atoms with van der Waals surface area (Å²) in [6, 6.07) is 0. The summed E-state index contributed by atoms with van der Waals surface area (Å²) < 4.78 is 0. The lowest BCUT2D eigenvalue weighted by molar-refractivity contribution is -0.139. The van der Waals surface area contributed by atoms with E-state index in [1.54, 1.807) is 0 Å². The number of aliphatic carboxylic acids is 1. The highest BCUT2D eigenvalue weighted by Crippen LogP contribution is 2.13. The molecule has 0 unspecified atom stereocenters. The average molecular weight is 169 g/mol. The molecule has 5 heteroatoms. The van der Waals surface area contributed by atoms with Crippen LogP contribution >= 0.6 is 0 Å². The van der Waals surface area contributed by atoms with Gasteiger partial charge in [-0.1, -0.05) is 0 Å². The van der Waals surface area contributed by atoms with Crippen molar-refractivity contribution in [2.45, 2.75) is 6.42 Å². The Kier molecular flexibility index (Phi) is 1.95. The summed E-state index contributed by atoms with van der Waals surface area (Å²) in [6.07, 6.45) is 0.658. The molecule has 0 aromatic rings. The second-order valence-corrected chi connectivity index (χ2v) is 2.44. The number of hydrogen-bond acceptors (Lipinski definition) is 3. The molecule has 64 valence electrons. The second kappa shape index (κ2) is 2.77. The number of nitrogens with zero attached hydrogens (tertiary/aromatic N) is 1. The van der Waals surface area contributed by atoms with Crippen molar-refractivity contribution >= 4 is 17.8 Å². The molecule has 1 N–H and O–H groups in total. The van der Waals surface area contributed by atoms with Gasteiger partial charge >= 0.3 is 5.97 Å². The number of carboxylic acid groups (broad SMARTS) is 1. The summed E-state index contributed by atoms with van der Waals surface area (Å²) in [6.45, 7) is 0. The van der Waals surface area contributed by atoms with Crippen molar-refractivity contribution in [3.63, 3.8) is 0 Å². The predicted octanol–water partition coefficient (Wildman–Crippen LogP) is -0.614. The Morgan fingerprint density at radius 3 is 2.50 bits per heavy atom. The van der Waals surface area contributed by atoms with E-state index in [-0.39, 0.29) is 5.57 Å². The van der Waals surface area contributed by atoms with Crippen LogP contribution in [0, 0.1) is 0 Å². The molecule has 0 fully saturated rings. The maximum atomic E-state index is 11.0. The summed E-state index contributed by atoms with van der Waals surface area (Å²) in [4.78, 5) is 32.9. The van der Waals surface area contributed by atoms with Crippen LogP contribution in [-0.4, -0.2) is 34.8 Å². The van der Waals surface area contributed by atoms with Gasteiger partial charge in [-0.05, 0) is 0 Å². The number of carbonyl (C=O) groups is 3. The van der Waals surface area contributed by atoms with Crippen molar-refractivity contribution in [2.75, 3.05) is 7.05 Å². The highest BCUT2D eigenvalue weighted by atomic mass is 16.4. The molecule has 1 rings (SSSR count). The van der Waals surface area contributed by atoms with Crippen LogP contribution < -0.4 is 0 Å². The van der Waals surface area contributed by atoms with Gasteiger partial charge in [0, 0.05) is 18.7 Å².